The molecule has 0 atom stereocenters. The largest absolute Gasteiger partial charge is 0.497 e. The summed E-state index contributed by atoms with van der Waals surface area (Å²) in [6.45, 7) is 0. The van der Waals surface area contributed by atoms with Gasteiger partial charge in [0.1, 0.15) is 11.5 Å². The van der Waals surface area contributed by atoms with Crippen LogP contribution in [0.15, 0.2) is 103 Å². The minimum atomic E-state index is -4.69. The molecule has 248 valence electrons. The Labute approximate surface area is 285 Å². The van der Waals surface area contributed by atoms with E-state index in [1.54, 1.807) is 48.7 Å². The summed E-state index contributed by atoms with van der Waals surface area (Å²) in [6, 6.07) is 33.0. The van der Waals surface area contributed by atoms with Gasteiger partial charge in [-0.25, -0.2) is 0 Å². The zero-order valence-corrected chi connectivity index (χ0v) is 28.1. The Balaban J connectivity index is 1.50. The van der Waals surface area contributed by atoms with E-state index < -0.39 is 12.8 Å². The van der Waals surface area contributed by atoms with Crippen molar-refractivity contribution in [3.05, 3.63) is 131 Å². The van der Waals surface area contributed by atoms with Gasteiger partial charge in [-0.3, -0.25) is 13.9 Å². The normalized spacial score (nSPS) is 11.9. The lowest BCUT2D eigenvalue weighted by atomic mass is 9.87. The van der Waals surface area contributed by atoms with Gasteiger partial charge in [-0.1, -0.05) is 60.7 Å². The van der Waals surface area contributed by atoms with Gasteiger partial charge in [0.05, 0.1) is 48.2 Å². The number of allylic oxidation sites excluding steroid dienone is 1. The number of methoxy groups -OCH3 is 2. The molecule has 1 aromatic heterocycles. The van der Waals surface area contributed by atoms with Crippen LogP contribution in [0.1, 0.15) is 51.9 Å². The maximum absolute atomic E-state index is 13.9. The van der Waals surface area contributed by atoms with Gasteiger partial charge >= 0.3 is 7.60 Å². The van der Waals surface area contributed by atoms with Gasteiger partial charge in [-0.05, 0) is 73.2 Å². The summed E-state index contributed by atoms with van der Waals surface area (Å²) in [5.74, 6) is 0.695. The average Bonchev–Trinajstić information content (AvgIpc) is 3.49. The summed E-state index contributed by atoms with van der Waals surface area (Å²) >= 11 is 0. The highest BCUT2D eigenvalue weighted by molar-refractivity contribution is 7.53. The quantitative estimate of drug-likeness (QED) is 0.0951. The first-order valence-corrected chi connectivity index (χ1v) is 17.3. The molecule has 0 aliphatic carbocycles. The first-order valence-electron chi connectivity index (χ1n) is 15.7. The van der Waals surface area contributed by atoms with E-state index in [4.69, 9.17) is 9.47 Å². The molecule has 5 rings (SSSR count). The van der Waals surface area contributed by atoms with Crippen LogP contribution in [0.2, 0.25) is 0 Å². The number of nitrogens with zero attached hydrogens (tertiary/aromatic N) is 3. The molecule has 0 amide bonds. The summed E-state index contributed by atoms with van der Waals surface area (Å²) in [6.07, 6.45) is 3.81. The van der Waals surface area contributed by atoms with Gasteiger partial charge in [0.2, 0.25) is 5.91 Å². The SMILES string of the molecule is COc1ccc2c(/C(C#N)=C/c3cc(C#N)ccc3OC)cn(C(=O)CCCC(Cc3ccccc3)(Cc3ccccc3)P(=O)(O)O)c2c1. The molecule has 0 bridgehead atoms. The standard InChI is InChI=1S/C39H36N3O6P/c1-47-33-16-17-34-35(32(26-41)21-31-20-30(25-40)15-18-37(31)48-2)27-42(36(34)22-33)38(43)14-9-19-39(49(44,45)46,23-28-10-5-3-6-11-28)24-29-12-7-4-8-13-29/h3-8,10-13,15-18,20-22,27H,9,14,19,23-24H2,1-2H3,(H2,44,45,46)/b32-21+. The third-order valence-electron chi connectivity index (χ3n) is 8.75. The first-order chi connectivity index (χ1) is 23.6. The van der Waals surface area contributed by atoms with Crippen LogP contribution in [-0.4, -0.2) is 39.6 Å². The number of carbonyl (C=O) groups excluding carboxylic acids is 1. The van der Waals surface area contributed by atoms with E-state index in [-0.39, 0.29) is 43.6 Å². The molecule has 9 nitrogen and oxygen atoms in total. The van der Waals surface area contributed by atoms with Gasteiger partial charge in [-0.2, -0.15) is 10.5 Å². The molecule has 10 heteroatoms. The van der Waals surface area contributed by atoms with Crippen LogP contribution in [0.3, 0.4) is 0 Å². The van der Waals surface area contributed by atoms with Crippen molar-refractivity contribution in [1.82, 2.24) is 4.57 Å². The Hall–Kier alpha value is -5.44. The average molecular weight is 674 g/mol. The molecule has 0 aliphatic heterocycles. The number of carbonyl (C=O) groups is 1. The van der Waals surface area contributed by atoms with Crippen LogP contribution >= 0.6 is 7.60 Å². The van der Waals surface area contributed by atoms with E-state index >= 15 is 0 Å². The highest BCUT2D eigenvalue weighted by Crippen LogP contribution is 2.56. The van der Waals surface area contributed by atoms with E-state index in [9.17, 15) is 29.7 Å². The van der Waals surface area contributed by atoms with Crippen LogP contribution < -0.4 is 9.47 Å². The molecule has 49 heavy (non-hydrogen) atoms. The summed E-state index contributed by atoms with van der Waals surface area (Å²) < 4.78 is 25.7. The Bertz CT molecular complexity index is 2080. The van der Waals surface area contributed by atoms with Gasteiger partial charge < -0.3 is 19.3 Å². The zero-order chi connectivity index (χ0) is 35.0. The molecule has 2 N–H and O–H groups in total. The van der Waals surface area contributed by atoms with E-state index in [2.05, 4.69) is 12.1 Å². The second-order valence-corrected chi connectivity index (χ2v) is 13.9. The van der Waals surface area contributed by atoms with Crippen molar-refractivity contribution >= 4 is 36.1 Å². The number of rotatable bonds is 13. The third-order valence-corrected chi connectivity index (χ3v) is 10.5. The molecule has 0 fully saturated rings. The van der Waals surface area contributed by atoms with Crippen molar-refractivity contribution in [1.29, 1.82) is 10.5 Å². The second-order valence-electron chi connectivity index (χ2n) is 11.9. The number of hydrogen-bond donors (Lipinski definition) is 2. The van der Waals surface area contributed by atoms with Gasteiger partial charge in [-0.15, -0.1) is 0 Å². The predicted octanol–water partition coefficient (Wildman–Crippen LogP) is 7.81. The number of aromatic nitrogens is 1. The Morgan fingerprint density at radius 1 is 0.898 bits per heavy atom. The Morgan fingerprint density at radius 3 is 2.10 bits per heavy atom. The maximum atomic E-state index is 13.9. The molecule has 0 aliphatic rings. The fraction of sp³-hybridized carbons (Fsp3) is 0.205. The highest BCUT2D eigenvalue weighted by atomic mass is 31.2. The van der Waals surface area contributed by atoms with E-state index in [0.29, 0.717) is 39.1 Å². The number of benzene rings is 4. The second kappa shape index (κ2) is 15.2. The number of fused-ring (bicyclic) bond motifs is 1. The van der Waals surface area contributed by atoms with E-state index in [0.717, 1.165) is 11.1 Å². The smallest absolute Gasteiger partial charge is 0.332 e. The lowest BCUT2D eigenvalue weighted by molar-refractivity contribution is 0.0902. The van der Waals surface area contributed by atoms with Crippen molar-refractivity contribution in [2.24, 2.45) is 0 Å². The predicted molar refractivity (Wildman–Crippen MR) is 189 cm³/mol. The van der Waals surface area contributed by atoms with Crippen LogP contribution in [-0.2, 0) is 17.4 Å². The molecule has 0 spiro atoms. The Morgan fingerprint density at radius 2 is 1.55 bits per heavy atom. The topological polar surface area (TPSA) is 146 Å². The molecule has 0 radical (unpaired) electrons. The first kappa shape index (κ1) is 34.9. The summed E-state index contributed by atoms with van der Waals surface area (Å²) in [4.78, 5) is 35.7. The van der Waals surface area contributed by atoms with Gasteiger partial charge in [0, 0.05) is 35.2 Å². The van der Waals surface area contributed by atoms with Crippen molar-refractivity contribution in [2.45, 2.75) is 37.3 Å². The Kier molecular flexibility index (Phi) is 10.8. The molecule has 0 saturated heterocycles. The van der Waals surface area contributed by atoms with Crippen LogP contribution in [0.4, 0.5) is 0 Å². The molecular weight excluding hydrogens is 637 g/mol. The number of nitriles is 2. The van der Waals surface area contributed by atoms with Crippen LogP contribution in [0.5, 0.6) is 11.5 Å². The zero-order valence-electron chi connectivity index (χ0n) is 27.2. The fourth-order valence-corrected chi connectivity index (χ4v) is 7.46. The molecule has 1 heterocycles. The number of ether oxygens (including phenoxy) is 2. The summed E-state index contributed by atoms with van der Waals surface area (Å²) in [5, 5.41) is 18.9. The highest BCUT2D eigenvalue weighted by Gasteiger charge is 2.46. The van der Waals surface area contributed by atoms with E-state index in [1.165, 1.54) is 18.8 Å². The monoisotopic (exact) mass is 673 g/mol. The summed E-state index contributed by atoms with van der Waals surface area (Å²) in [7, 11) is -1.66. The molecule has 4 aromatic carbocycles. The third kappa shape index (κ3) is 7.83. The fourth-order valence-electron chi connectivity index (χ4n) is 6.23. The maximum Gasteiger partial charge on any atom is 0.332 e. The molecule has 0 unspecified atom stereocenters. The van der Waals surface area contributed by atoms with Crippen LogP contribution in [0.25, 0.3) is 22.6 Å². The van der Waals surface area contributed by atoms with Crippen molar-refractivity contribution in [3.63, 3.8) is 0 Å². The van der Waals surface area contributed by atoms with Crippen molar-refractivity contribution < 1.29 is 28.6 Å². The number of hydrogen-bond acceptors (Lipinski definition) is 6. The lowest BCUT2D eigenvalue weighted by Gasteiger charge is -2.35. The van der Waals surface area contributed by atoms with E-state index in [1.807, 2.05) is 60.7 Å². The lowest BCUT2D eigenvalue weighted by Crippen LogP contribution is -2.35. The summed E-state index contributed by atoms with van der Waals surface area (Å²) in [5.41, 5.74) is 3.80. The molecule has 5 aromatic rings. The van der Waals surface area contributed by atoms with Gasteiger partial charge in [0.15, 0.2) is 0 Å². The minimum absolute atomic E-state index is 0.00457. The molecular formula is C39H36N3O6P. The molecule has 0 saturated carbocycles. The van der Waals surface area contributed by atoms with Gasteiger partial charge in [0.25, 0.3) is 0 Å². The van der Waals surface area contributed by atoms with Crippen molar-refractivity contribution in [3.8, 4) is 23.6 Å². The minimum Gasteiger partial charge on any atom is -0.497 e. The van der Waals surface area contributed by atoms with Crippen LogP contribution in [0, 0.1) is 22.7 Å². The van der Waals surface area contributed by atoms with Crippen molar-refractivity contribution in [2.75, 3.05) is 14.2 Å².